The zero-order valence-electron chi connectivity index (χ0n) is 21.6. The lowest BCUT2D eigenvalue weighted by Gasteiger charge is -2.21. The van der Waals surface area contributed by atoms with Crippen molar-refractivity contribution < 1.29 is 14.9 Å². The SMILES string of the molecule is CCCCCC(=C(c1ccc(O)cc1)c1ccc(O)cc1)c1cccc(OCCN2CCCC2C)c1. The van der Waals surface area contributed by atoms with Gasteiger partial charge in [-0.3, -0.25) is 4.90 Å². The third-order valence-corrected chi connectivity index (χ3v) is 7.16. The Morgan fingerprint density at radius 3 is 2.14 bits per heavy atom. The number of rotatable bonds is 11. The van der Waals surface area contributed by atoms with E-state index in [-0.39, 0.29) is 11.5 Å². The standard InChI is InChI=1S/C32H39NO3/c1-3-4-5-11-31(27-9-6-10-30(23-27)36-22-21-33-20-7-8-24(33)2)32(25-12-16-28(34)17-13-25)26-14-18-29(35)19-15-26/h6,9-10,12-19,23-24,34-35H,3-5,7-8,11,20-22H2,1-2H3. The molecule has 0 radical (unpaired) electrons. The van der Waals surface area contributed by atoms with Gasteiger partial charge < -0.3 is 14.9 Å². The lowest BCUT2D eigenvalue weighted by Crippen LogP contribution is -2.31. The van der Waals surface area contributed by atoms with E-state index < -0.39 is 0 Å². The molecule has 1 heterocycles. The first-order valence-corrected chi connectivity index (χ1v) is 13.3. The molecule has 1 aliphatic heterocycles. The molecule has 2 N–H and O–H groups in total. The molecule has 4 rings (SSSR count). The number of nitrogens with zero attached hydrogens (tertiary/aromatic N) is 1. The van der Waals surface area contributed by atoms with Gasteiger partial charge in [-0.25, -0.2) is 0 Å². The third-order valence-electron chi connectivity index (χ3n) is 7.16. The highest BCUT2D eigenvalue weighted by Gasteiger charge is 2.20. The van der Waals surface area contributed by atoms with Crippen LogP contribution in [0.1, 0.15) is 69.1 Å². The molecule has 0 spiro atoms. The van der Waals surface area contributed by atoms with Crippen LogP contribution < -0.4 is 4.74 Å². The van der Waals surface area contributed by atoms with Gasteiger partial charge in [0, 0.05) is 12.6 Å². The van der Waals surface area contributed by atoms with Gasteiger partial charge in [-0.05, 0) is 103 Å². The van der Waals surface area contributed by atoms with Crippen LogP contribution in [0.5, 0.6) is 17.2 Å². The maximum Gasteiger partial charge on any atom is 0.119 e. The molecular weight excluding hydrogens is 446 g/mol. The van der Waals surface area contributed by atoms with E-state index in [9.17, 15) is 10.2 Å². The first-order chi connectivity index (χ1) is 17.5. The summed E-state index contributed by atoms with van der Waals surface area (Å²) in [6, 6.07) is 23.9. The fraction of sp³-hybridized carbons (Fsp3) is 0.375. The minimum atomic E-state index is 0.249. The number of phenols is 2. The average molecular weight is 486 g/mol. The Morgan fingerprint density at radius 1 is 0.889 bits per heavy atom. The van der Waals surface area contributed by atoms with Gasteiger partial charge in [0.1, 0.15) is 23.9 Å². The van der Waals surface area contributed by atoms with Crippen LogP contribution in [0.25, 0.3) is 11.1 Å². The van der Waals surface area contributed by atoms with E-state index in [4.69, 9.17) is 4.74 Å². The fourth-order valence-corrected chi connectivity index (χ4v) is 5.12. The van der Waals surface area contributed by atoms with Crippen molar-refractivity contribution in [1.82, 2.24) is 4.90 Å². The summed E-state index contributed by atoms with van der Waals surface area (Å²) in [7, 11) is 0. The summed E-state index contributed by atoms with van der Waals surface area (Å²) in [5.74, 6) is 1.39. The van der Waals surface area contributed by atoms with Gasteiger partial charge in [0.25, 0.3) is 0 Å². The summed E-state index contributed by atoms with van der Waals surface area (Å²) in [5.41, 5.74) is 5.60. The number of ether oxygens (including phenoxy) is 1. The Bertz CT molecular complexity index is 1090. The molecule has 0 saturated carbocycles. The van der Waals surface area contributed by atoms with Crippen LogP contribution in [0.4, 0.5) is 0 Å². The van der Waals surface area contributed by atoms with Gasteiger partial charge in [-0.2, -0.15) is 0 Å². The van der Waals surface area contributed by atoms with Crippen molar-refractivity contribution in [3.05, 3.63) is 89.5 Å². The Kier molecular flexibility index (Phi) is 9.07. The Hall–Kier alpha value is -3.24. The van der Waals surface area contributed by atoms with Crippen LogP contribution in [0.3, 0.4) is 0 Å². The fourth-order valence-electron chi connectivity index (χ4n) is 5.12. The molecule has 0 bridgehead atoms. The molecule has 1 fully saturated rings. The van der Waals surface area contributed by atoms with Crippen molar-refractivity contribution in [1.29, 1.82) is 0 Å². The summed E-state index contributed by atoms with van der Waals surface area (Å²) in [6.45, 7) is 7.33. The largest absolute Gasteiger partial charge is 0.508 e. The van der Waals surface area contributed by atoms with Gasteiger partial charge >= 0.3 is 0 Å². The summed E-state index contributed by atoms with van der Waals surface area (Å²) in [6.07, 6.45) is 6.88. The van der Waals surface area contributed by atoms with E-state index in [1.54, 1.807) is 24.3 Å². The summed E-state index contributed by atoms with van der Waals surface area (Å²) < 4.78 is 6.22. The van der Waals surface area contributed by atoms with Crippen molar-refractivity contribution in [3.8, 4) is 17.2 Å². The molecule has 1 atom stereocenters. The van der Waals surface area contributed by atoms with Crippen LogP contribution in [0.2, 0.25) is 0 Å². The highest BCUT2D eigenvalue weighted by molar-refractivity contribution is 5.98. The van der Waals surface area contributed by atoms with E-state index in [1.165, 1.54) is 18.4 Å². The smallest absolute Gasteiger partial charge is 0.119 e. The first kappa shape index (κ1) is 25.8. The third kappa shape index (κ3) is 6.70. The molecule has 3 aromatic rings. The second-order valence-corrected chi connectivity index (χ2v) is 9.81. The molecule has 0 amide bonds. The summed E-state index contributed by atoms with van der Waals surface area (Å²) in [5, 5.41) is 19.8. The molecule has 1 saturated heterocycles. The minimum absolute atomic E-state index is 0.249. The number of phenolic OH excluding ortho intramolecular Hbond substituents is 2. The van der Waals surface area contributed by atoms with Gasteiger partial charge in [-0.15, -0.1) is 0 Å². The van der Waals surface area contributed by atoms with Crippen molar-refractivity contribution in [2.24, 2.45) is 0 Å². The second kappa shape index (κ2) is 12.6. The van der Waals surface area contributed by atoms with E-state index in [0.717, 1.165) is 66.8 Å². The highest BCUT2D eigenvalue weighted by atomic mass is 16.5. The van der Waals surface area contributed by atoms with E-state index >= 15 is 0 Å². The van der Waals surface area contributed by atoms with Crippen molar-refractivity contribution in [3.63, 3.8) is 0 Å². The molecule has 1 aliphatic rings. The molecule has 0 aromatic heterocycles. The van der Waals surface area contributed by atoms with Crippen LogP contribution in [0.15, 0.2) is 72.8 Å². The zero-order valence-corrected chi connectivity index (χ0v) is 21.6. The second-order valence-electron chi connectivity index (χ2n) is 9.81. The number of hydrogen-bond acceptors (Lipinski definition) is 4. The molecular formula is C32H39NO3. The van der Waals surface area contributed by atoms with E-state index in [0.29, 0.717) is 12.6 Å². The van der Waals surface area contributed by atoms with Gasteiger partial charge in [-0.1, -0.05) is 56.2 Å². The number of allylic oxidation sites excluding steroid dienone is 1. The van der Waals surface area contributed by atoms with Crippen LogP contribution in [-0.2, 0) is 0 Å². The van der Waals surface area contributed by atoms with Gasteiger partial charge in [0.05, 0.1) is 0 Å². The van der Waals surface area contributed by atoms with Crippen molar-refractivity contribution in [2.45, 2.75) is 58.4 Å². The molecule has 0 aliphatic carbocycles. The average Bonchev–Trinajstić information content (AvgIpc) is 3.30. The predicted octanol–water partition coefficient (Wildman–Crippen LogP) is 7.50. The monoisotopic (exact) mass is 485 g/mol. The molecule has 4 nitrogen and oxygen atoms in total. The zero-order chi connectivity index (χ0) is 25.3. The molecule has 3 aromatic carbocycles. The first-order valence-electron chi connectivity index (χ1n) is 13.3. The maximum atomic E-state index is 9.92. The Morgan fingerprint density at radius 2 is 1.56 bits per heavy atom. The highest BCUT2D eigenvalue weighted by Crippen LogP contribution is 2.37. The number of hydrogen-bond donors (Lipinski definition) is 2. The molecule has 190 valence electrons. The number of aromatic hydroxyl groups is 2. The quantitative estimate of drug-likeness (QED) is 0.218. The van der Waals surface area contributed by atoms with Crippen LogP contribution in [0, 0.1) is 0 Å². The topological polar surface area (TPSA) is 52.9 Å². The molecule has 1 unspecified atom stereocenters. The predicted molar refractivity (Wildman–Crippen MR) is 148 cm³/mol. The Labute approximate surface area is 215 Å². The summed E-state index contributed by atoms with van der Waals surface area (Å²) in [4.78, 5) is 2.51. The maximum absolute atomic E-state index is 9.92. The van der Waals surface area contributed by atoms with Crippen molar-refractivity contribution in [2.75, 3.05) is 19.7 Å². The van der Waals surface area contributed by atoms with Crippen LogP contribution >= 0.6 is 0 Å². The number of unbranched alkanes of at least 4 members (excludes halogenated alkanes) is 2. The van der Waals surface area contributed by atoms with E-state index in [2.05, 4.69) is 36.9 Å². The lowest BCUT2D eigenvalue weighted by atomic mass is 9.86. The number of likely N-dealkylation sites (tertiary alicyclic amines) is 1. The molecule has 4 heteroatoms. The van der Waals surface area contributed by atoms with E-state index in [1.807, 2.05) is 30.3 Å². The summed E-state index contributed by atoms with van der Waals surface area (Å²) >= 11 is 0. The normalized spacial score (nSPS) is 15.7. The molecule has 36 heavy (non-hydrogen) atoms. The minimum Gasteiger partial charge on any atom is -0.508 e. The Balaban J connectivity index is 1.70. The van der Waals surface area contributed by atoms with Gasteiger partial charge in [0.15, 0.2) is 0 Å². The van der Waals surface area contributed by atoms with Gasteiger partial charge in [0.2, 0.25) is 0 Å². The lowest BCUT2D eigenvalue weighted by molar-refractivity contribution is 0.204. The van der Waals surface area contributed by atoms with Crippen molar-refractivity contribution >= 4 is 11.1 Å². The number of benzene rings is 3. The van der Waals surface area contributed by atoms with Crippen LogP contribution in [-0.4, -0.2) is 40.9 Å².